The number of Topliss-reactive ketones (excluding diaryl/α,β-unsaturated/α-hetero) is 2. The molecule has 0 N–H and O–H groups in total. The van der Waals surface area contributed by atoms with Crippen LogP contribution in [-0.4, -0.2) is 11.6 Å². The molecule has 0 spiro atoms. The summed E-state index contributed by atoms with van der Waals surface area (Å²) >= 11 is 0. The summed E-state index contributed by atoms with van der Waals surface area (Å²) in [5.41, 5.74) is -0.211. The van der Waals surface area contributed by atoms with Gasteiger partial charge in [-0.3, -0.25) is 9.59 Å². The van der Waals surface area contributed by atoms with Gasteiger partial charge in [-0.1, -0.05) is 127 Å². The van der Waals surface area contributed by atoms with E-state index in [2.05, 4.69) is 114 Å². The average Bonchev–Trinajstić information content (AvgIpc) is 3.42. The van der Waals surface area contributed by atoms with E-state index in [1.807, 2.05) is 12.1 Å². The van der Waals surface area contributed by atoms with Crippen LogP contribution in [-0.2, 0) is 9.59 Å². The Morgan fingerprint density at radius 2 is 0.950 bits per heavy atom. The molecule has 2 heteroatoms. The van der Waals surface area contributed by atoms with Gasteiger partial charge in [0.05, 0.1) is 0 Å². The lowest BCUT2D eigenvalue weighted by atomic mass is 9.45. The predicted molar refractivity (Wildman–Crippen MR) is 164 cm³/mol. The van der Waals surface area contributed by atoms with Crippen LogP contribution in [0.2, 0.25) is 0 Å². The minimum absolute atomic E-state index is 0.145. The van der Waals surface area contributed by atoms with Gasteiger partial charge in [-0.25, -0.2) is 0 Å². The van der Waals surface area contributed by atoms with E-state index >= 15 is 9.59 Å². The van der Waals surface area contributed by atoms with Crippen molar-refractivity contribution in [2.75, 3.05) is 0 Å². The van der Waals surface area contributed by atoms with E-state index in [-0.39, 0.29) is 22.7 Å². The van der Waals surface area contributed by atoms with Crippen LogP contribution >= 0.6 is 0 Å². The van der Waals surface area contributed by atoms with Gasteiger partial charge >= 0.3 is 0 Å². The quantitative estimate of drug-likeness (QED) is 0.355. The summed E-state index contributed by atoms with van der Waals surface area (Å²) in [7, 11) is 0. The first kappa shape index (κ1) is 27.4. The van der Waals surface area contributed by atoms with Gasteiger partial charge in [0.2, 0.25) is 0 Å². The lowest BCUT2D eigenvalue weighted by Crippen LogP contribution is -2.59. The third-order valence-corrected chi connectivity index (χ3v) is 13.4. The first-order chi connectivity index (χ1) is 18.9. The molecule has 40 heavy (non-hydrogen) atoms. The average molecular weight is 535 g/mol. The molecule has 6 rings (SSSR count). The second-order valence-corrected chi connectivity index (χ2v) is 14.9. The highest BCUT2D eigenvalue weighted by Gasteiger charge is 2.85. The van der Waals surface area contributed by atoms with Gasteiger partial charge in [0.1, 0.15) is 11.6 Å². The fourth-order valence-electron chi connectivity index (χ4n) is 10.6. The molecule has 2 nitrogen and oxygen atoms in total. The number of hydrogen-bond donors (Lipinski definition) is 0. The van der Waals surface area contributed by atoms with Crippen LogP contribution in [0.15, 0.2) is 72.8 Å². The van der Waals surface area contributed by atoms with Crippen molar-refractivity contribution in [3.8, 4) is 0 Å². The number of allylic oxidation sites excluding steroid dienone is 2. The molecule has 0 aliphatic heterocycles. The second kappa shape index (κ2) is 8.88. The summed E-state index contributed by atoms with van der Waals surface area (Å²) in [5, 5.41) is 0. The Morgan fingerprint density at radius 3 is 1.25 bits per heavy atom. The van der Waals surface area contributed by atoms with Crippen LogP contribution in [0.1, 0.15) is 91.2 Å². The molecular formula is C38H46O2. The fourth-order valence-corrected chi connectivity index (χ4v) is 10.6. The first-order valence-corrected chi connectivity index (χ1v) is 15.4. The number of benzene rings is 2. The van der Waals surface area contributed by atoms with E-state index in [1.165, 1.54) is 0 Å². The van der Waals surface area contributed by atoms with Gasteiger partial charge in [-0.15, -0.1) is 0 Å². The molecule has 2 aromatic carbocycles. The number of carbonyl (C=O) groups excluding carboxylic acids is 2. The SMILES string of the molecule is CC1(C)[C@H]2CC[C@@]1(C)C(=O)[C@]2(C/C=C\c1ccccc1)[C@]1(C/C=C/c2ccccc2)C(=O)[C@@]2(C)CC[C@@H]1C2(C)C. The minimum Gasteiger partial charge on any atom is -0.298 e. The highest BCUT2D eigenvalue weighted by molar-refractivity contribution is 6.05. The second-order valence-electron chi connectivity index (χ2n) is 14.9. The maximum Gasteiger partial charge on any atom is 0.147 e. The van der Waals surface area contributed by atoms with Crippen molar-refractivity contribution in [3.05, 3.63) is 83.9 Å². The Hall–Kier alpha value is -2.74. The predicted octanol–water partition coefficient (Wildman–Crippen LogP) is 9.22. The van der Waals surface area contributed by atoms with Crippen molar-refractivity contribution >= 4 is 23.7 Å². The van der Waals surface area contributed by atoms with Gasteiger partial charge in [-0.2, -0.15) is 0 Å². The standard InChI is InChI=1S/C38H46O2/c1-33(2)29-21-25-35(33,5)31(39)37(29,23-13-19-27-15-9-7-10-16-27)38(24-14-20-28-17-11-8-12-18-28)30-22-26-36(6,32(38)40)34(30,3)4/h7-20,29-30H,21-26H2,1-6H3/b19-13-,20-14+/t29-,30-,35+,36-,37-,38+/m1/s1. The molecule has 0 saturated heterocycles. The Balaban J connectivity index is 1.56. The Kier molecular flexibility index (Phi) is 6.09. The molecule has 0 unspecified atom stereocenters. The molecule has 0 heterocycles. The molecule has 0 amide bonds. The summed E-state index contributed by atoms with van der Waals surface area (Å²) in [5.74, 6) is 1.11. The third-order valence-electron chi connectivity index (χ3n) is 13.4. The van der Waals surface area contributed by atoms with Crippen molar-refractivity contribution in [1.29, 1.82) is 0 Å². The van der Waals surface area contributed by atoms with E-state index in [0.717, 1.165) is 36.8 Å². The highest BCUT2D eigenvalue weighted by atomic mass is 16.1. The maximum absolute atomic E-state index is 15.2. The Morgan fingerprint density at radius 1 is 0.600 bits per heavy atom. The van der Waals surface area contributed by atoms with E-state index in [4.69, 9.17) is 0 Å². The molecule has 210 valence electrons. The van der Waals surface area contributed by atoms with Crippen molar-refractivity contribution < 1.29 is 9.59 Å². The van der Waals surface area contributed by atoms with Crippen LogP contribution < -0.4 is 0 Å². The van der Waals surface area contributed by atoms with Crippen molar-refractivity contribution in [3.63, 3.8) is 0 Å². The zero-order valence-corrected chi connectivity index (χ0v) is 25.3. The molecular weight excluding hydrogens is 488 g/mol. The van der Waals surface area contributed by atoms with Crippen LogP contribution in [0.4, 0.5) is 0 Å². The highest BCUT2D eigenvalue weighted by Crippen LogP contribution is 2.83. The number of carbonyl (C=O) groups is 2. The summed E-state index contributed by atoms with van der Waals surface area (Å²) in [4.78, 5) is 30.4. The maximum atomic E-state index is 15.2. The molecule has 4 bridgehead atoms. The van der Waals surface area contributed by atoms with E-state index < -0.39 is 21.7 Å². The molecule has 4 fully saturated rings. The number of hydrogen-bond acceptors (Lipinski definition) is 2. The largest absolute Gasteiger partial charge is 0.298 e. The third kappa shape index (κ3) is 3.17. The molecule has 4 saturated carbocycles. The summed E-state index contributed by atoms with van der Waals surface area (Å²) in [6.07, 6.45) is 14.0. The topological polar surface area (TPSA) is 34.1 Å². The number of fused-ring (bicyclic) bond motifs is 4. The molecule has 4 aliphatic rings. The van der Waals surface area contributed by atoms with Crippen LogP contribution in [0.3, 0.4) is 0 Å². The zero-order chi connectivity index (χ0) is 28.6. The van der Waals surface area contributed by atoms with Gasteiger partial charge < -0.3 is 0 Å². The van der Waals surface area contributed by atoms with E-state index in [0.29, 0.717) is 24.4 Å². The summed E-state index contributed by atoms with van der Waals surface area (Å²) in [6.45, 7) is 13.7. The monoisotopic (exact) mass is 534 g/mol. The van der Waals surface area contributed by atoms with Crippen molar-refractivity contribution in [2.24, 2.45) is 44.3 Å². The van der Waals surface area contributed by atoms with Crippen LogP contribution in [0.5, 0.6) is 0 Å². The van der Waals surface area contributed by atoms with Crippen LogP contribution in [0.25, 0.3) is 12.2 Å². The van der Waals surface area contributed by atoms with E-state index in [9.17, 15) is 0 Å². The summed E-state index contributed by atoms with van der Waals surface area (Å²) in [6, 6.07) is 20.7. The lowest BCUT2D eigenvalue weighted by Gasteiger charge is -2.55. The van der Waals surface area contributed by atoms with Gasteiger partial charge in [0.25, 0.3) is 0 Å². The lowest BCUT2D eigenvalue weighted by molar-refractivity contribution is -0.163. The van der Waals surface area contributed by atoms with Crippen LogP contribution in [0, 0.1) is 44.3 Å². The normalized spacial score (nSPS) is 39.2. The van der Waals surface area contributed by atoms with E-state index in [1.54, 1.807) is 0 Å². The number of ketones is 2. The van der Waals surface area contributed by atoms with Crippen molar-refractivity contribution in [2.45, 2.75) is 80.1 Å². The first-order valence-electron chi connectivity index (χ1n) is 15.4. The molecule has 0 radical (unpaired) electrons. The molecule has 2 aromatic rings. The van der Waals surface area contributed by atoms with Crippen molar-refractivity contribution in [1.82, 2.24) is 0 Å². The smallest absolute Gasteiger partial charge is 0.147 e. The van der Waals surface area contributed by atoms with Gasteiger partial charge in [0, 0.05) is 21.7 Å². The van der Waals surface area contributed by atoms with Gasteiger partial charge in [0.15, 0.2) is 0 Å². The van der Waals surface area contributed by atoms with Gasteiger partial charge in [-0.05, 0) is 72.3 Å². The molecule has 4 aliphatic carbocycles. The fraction of sp³-hybridized carbons (Fsp3) is 0.526. The molecule has 6 atom stereocenters. The zero-order valence-electron chi connectivity index (χ0n) is 25.3. The summed E-state index contributed by atoms with van der Waals surface area (Å²) < 4.78 is 0. The minimum atomic E-state index is -0.701. The number of rotatable bonds is 7. The Labute approximate surface area is 241 Å². The Bertz CT molecular complexity index is 1270. The molecule has 0 aromatic heterocycles.